The van der Waals surface area contributed by atoms with Crippen molar-refractivity contribution < 1.29 is 9.53 Å². The Balaban J connectivity index is 2.04. The predicted octanol–water partition coefficient (Wildman–Crippen LogP) is 2.66. The lowest BCUT2D eigenvalue weighted by Gasteiger charge is -2.30. The molecule has 0 radical (unpaired) electrons. The van der Waals surface area contributed by atoms with E-state index >= 15 is 0 Å². The van der Waals surface area contributed by atoms with Gasteiger partial charge in [0.25, 0.3) is 0 Å². The van der Waals surface area contributed by atoms with E-state index in [1.54, 1.807) is 0 Å². The zero-order valence-electron chi connectivity index (χ0n) is 11.5. The van der Waals surface area contributed by atoms with Crippen molar-refractivity contribution in [2.24, 2.45) is 17.1 Å². The Hall–Kier alpha value is -1.61. The van der Waals surface area contributed by atoms with E-state index in [-0.39, 0.29) is 17.9 Å². The second-order valence-electron chi connectivity index (χ2n) is 5.48. The van der Waals surface area contributed by atoms with E-state index in [0.717, 1.165) is 5.56 Å². The molecule has 1 aromatic carbocycles. The molecular formula is C16H21NO2. The normalized spacial score (nSPS) is 25.8. The lowest BCUT2D eigenvalue weighted by Crippen LogP contribution is -2.37. The third-order valence-electron chi connectivity index (χ3n) is 3.84. The zero-order valence-corrected chi connectivity index (χ0v) is 11.5. The average Bonchev–Trinajstić information content (AvgIpc) is 2.81. The van der Waals surface area contributed by atoms with Gasteiger partial charge in [-0.1, -0.05) is 56.3 Å². The summed E-state index contributed by atoms with van der Waals surface area (Å²) in [6.07, 6.45) is 4.47. The smallest absolute Gasteiger partial charge is 0.316 e. The van der Waals surface area contributed by atoms with Crippen molar-refractivity contribution in [3.63, 3.8) is 0 Å². The summed E-state index contributed by atoms with van der Waals surface area (Å²) in [5, 5.41) is 0. The summed E-state index contributed by atoms with van der Waals surface area (Å²) in [6, 6.07) is 9.67. The first-order valence-electron chi connectivity index (χ1n) is 6.71. The Labute approximate surface area is 114 Å². The van der Waals surface area contributed by atoms with Crippen LogP contribution >= 0.6 is 0 Å². The van der Waals surface area contributed by atoms with Crippen LogP contribution in [0.3, 0.4) is 0 Å². The number of carbonyl (C=O) groups excluding carboxylic acids is 1. The van der Waals surface area contributed by atoms with Crippen molar-refractivity contribution in [2.75, 3.05) is 0 Å². The van der Waals surface area contributed by atoms with Crippen LogP contribution in [0.15, 0.2) is 42.5 Å². The van der Waals surface area contributed by atoms with E-state index in [4.69, 9.17) is 10.5 Å². The van der Waals surface area contributed by atoms with Crippen LogP contribution in [0.25, 0.3) is 0 Å². The third-order valence-corrected chi connectivity index (χ3v) is 3.84. The highest BCUT2D eigenvalue weighted by Gasteiger charge is 2.44. The molecule has 0 saturated carbocycles. The van der Waals surface area contributed by atoms with Crippen LogP contribution in [-0.4, -0.2) is 12.0 Å². The van der Waals surface area contributed by atoms with Crippen molar-refractivity contribution in [1.82, 2.24) is 0 Å². The van der Waals surface area contributed by atoms with Crippen LogP contribution in [0.2, 0.25) is 0 Å². The standard InChI is InChI=1S/C16H21NO2/c1-12(2)16(9-8-14(17)10-16)15(18)19-11-13-6-4-3-5-7-13/h3-9,12,14H,10-11,17H2,1-2H3/t14-,16+/m1/s1. The maximum absolute atomic E-state index is 12.4. The molecule has 0 bridgehead atoms. The highest BCUT2D eigenvalue weighted by atomic mass is 16.5. The van der Waals surface area contributed by atoms with Gasteiger partial charge >= 0.3 is 5.97 Å². The van der Waals surface area contributed by atoms with Crippen molar-refractivity contribution in [2.45, 2.75) is 32.9 Å². The quantitative estimate of drug-likeness (QED) is 0.668. The molecule has 1 aliphatic carbocycles. The SMILES string of the molecule is CC(C)[C@]1(C(=O)OCc2ccccc2)C=C[C@@H](N)C1. The van der Waals surface area contributed by atoms with Gasteiger partial charge in [-0.2, -0.15) is 0 Å². The van der Waals surface area contributed by atoms with E-state index in [2.05, 4.69) is 0 Å². The van der Waals surface area contributed by atoms with Crippen molar-refractivity contribution in [3.8, 4) is 0 Å². The molecule has 0 unspecified atom stereocenters. The minimum absolute atomic E-state index is 0.0494. The number of ether oxygens (including phenoxy) is 1. The lowest BCUT2D eigenvalue weighted by atomic mass is 9.76. The molecule has 0 saturated heterocycles. The Morgan fingerprint density at radius 3 is 2.63 bits per heavy atom. The van der Waals surface area contributed by atoms with Gasteiger partial charge in [0, 0.05) is 6.04 Å². The van der Waals surface area contributed by atoms with E-state index in [0.29, 0.717) is 13.0 Å². The molecular weight excluding hydrogens is 238 g/mol. The second kappa shape index (κ2) is 5.57. The highest BCUT2D eigenvalue weighted by molar-refractivity contribution is 5.80. The fourth-order valence-corrected chi connectivity index (χ4v) is 2.49. The fourth-order valence-electron chi connectivity index (χ4n) is 2.49. The fraction of sp³-hybridized carbons (Fsp3) is 0.438. The number of hydrogen-bond acceptors (Lipinski definition) is 3. The van der Waals surface area contributed by atoms with Gasteiger partial charge in [0.05, 0.1) is 5.41 Å². The number of rotatable bonds is 4. The summed E-state index contributed by atoms with van der Waals surface area (Å²) >= 11 is 0. The molecule has 0 aliphatic heterocycles. The van der Waals surface area contributed by atoms with E-state index in [1.807, 2.05) is 56.3 Å². The first kappa shape index (κ1) is 13.8. The Bertz CT molecular complexity index is 467. The summed E-state index contributed by atoms with van der Waals surface area (Å²) in [5.74, 6) is 0.0103. The molecule has 1 aromatic rings. The summed E-state index contributed by atoms with van der Waals surface area (Å²) in [5.41, 5.74) is 6.34. The predicted molar refractivity (Wildman–Crippen MR) is 75.2 cm³/mol. The van der Waals surface area contributed by atoms with Gasteiger partial charge in [-0.15, -0.1) is 0 Å². The van der Waals surface area contributed by atoms with Gasteiger partial charge in [-0.05, 0) is 17.9 Å². The van der Waals surface area contributed by atoms with Crippen LogP contribution < -0.4 is 5.73 Å². The first-order chi connectivity index (χ1) is 9.04. The van der Waals surface area contributed by atoms with Gasteiger partial charge in [0.1, 0.15) is 6.61 Å². The Morgan fingerprint density at radius 1 is 1.42 bits per heavy atom. The third kappa shape index (κ3) is 2.87. The topological polar surface area (TPSA) is 52.3 Å². The largest absolute Gasteiger partial charge is 0.460 e. The minimum Gasteiger partial charge on any atom is -0.460 e. The maximum atomic E-state index is 12.4. The number of benzene rings is 1. The molecule has 3 nitrogen and oxygen atoms in total. The lowest BCUT2D eigenvalue weighted by molar-refractivity contribution is -0.157. The second-order valence-corrected chi connectivity index (χ2v) is 5.48. The van der Waals surface area contributed by atoms with Crippen LogP contribution in [0, 0.1) is 11.3 Å². The summed E-state index contributed by atoms with van der Waals surface area (Å²) in [4.78, 5) is 12.4. The molecule has 0 fully saturated rings. The summed E-state index contributed by atoms with van der Waals surface area (Å²) < 4.78 is 5.48. The Morgan fingerprint density at radius 2 is 2.11 bits per heavy atom. The van der Waals surface area contributed by atoms with Crippen LogP contribution in [-0.2, 0) is 16.1 Å². The molecule has 1 aliphatic rings. The van der Waals surface area contributed by atoms with Gasteiger partial charge in [0.15, 0.2) is 0 Å². The number of hydrogen-bond donors (Lipinski definition) is 1. The van der Waals surface area contributed by atoms with Crippen LogP contribution in [0.4, 0.5) is 0 Å². The van der Waals surface area contributed by atoms with E-state index < -0.39 is 5.41 Å². The van der Waals surface area contributed by atoms with Crippen molar-refractivity contribution >= 4 is 5.97 Å². The van der Waals surface area contributed by atoms with Crippen LogP contribution in [0.5, 0.6) is 0 Å². The molecule has 3 heteroatoms. The zero-order chi connectivity index (χ0) is 13.9. The minimum atomic E-state index is -0.561. The Kier molecular flexibility index (Phi) is 4.05. The van der Waals surface area contributed by atoms with Gasteiger partial charge in [-0.3, -0.25) is 4.79 Å². The summed E-state index contributed by atoms with van der Waals surface area (Å²) in [7, 11) is 0. The molecule has 0 aromatic heterocycles. The van der Waals surface area contributed by atoms with Gasteiger partial charge in [-0.25, -0.2) is 0 Å². The van der Waals surface area contributed by atoms with Crippen molar-refractivity contribution in [1.29, 1.82) is 0 Å². The molecule has 0 spiro atoms. The summed E-state index contributed by atoms with van der Waals surface area (Å²) in [6.45, 7) is 4.38. The monoisotopic (exact) mass is 259 g/mol. The molecule has 102 valence electrons. The van der Waals surface area contributed by atoms with E-state index in [9.17, 15) is 4.79 Å². The molecule has 0 heterocycles. The van der Waals surface area contributed by atoms with E-state index in [1.165, 1.54) is 0 Å². The molecule has 2 N–H and O–H groups in total. The molecule has 2 rings (SSSR count). The maximum Gasteiger partial charge on any atom is 0.316 e. The highest BCUT2D eigenvalue weighted by Crippen LogP contribution is 2.40. The van der Waals surface area contributed by atoms with Crippen LogP contribution in [0.1, 0.15) is 25.8 Å². The molecule has 0 amide bonds. The number of nitrogens with two attached hydrogens (primary N) is 1. The average molecular weight is 259 g/mol. The number of carbonyl (C=O) groups is 1. The van der Waals surface area contributed by atoms with Gasteiger partial charge in [0.2, 0.25) is 0 Å². The number of esters is 1. The van der Waals surface area contributed by atoms with Gasteiger partial charge < -0.3 is 10.5 Å². The first-order valence-corrected chi connectivity index (χ1v) is 6.71. The van der Waals surface area contributed by atoms with Crippen molar-refractivity contribution in [3.05, 3.63) is 48.0 Å². The molecule has 19 heavy (non-hydrogen) atoms. The molecule has 2 atom stereocenters.